The molecule has 1 aliphatic heterocycles. The van der Waals surface area contributed by atoms with Crippen LogP contribution in [0.15, 0.2) is 47.4 Å². The molecule has 0 spiro atoms. The van der Waals surface area contributed by atoms with Crippen molar-refractivity contribution in [3.8, 4) is 5.75 Å². The summed E-state index contributed by atoms with van der Waals surface area (Å²) in [7, 11) is -2.42. The first-order chi connectivity index (χ1) is 13.8. The Hall–Kier alpha value is -2.09. The number of ether oxygens (including phenoxy) is 1. The molecule has 1 heterocycles. The van der Waals surface area contributed by atoms with Crippen molar-refractivity contribution in [1.29, 1.82) is 0 Å². The lowest BCUT2D eigenvalue weighted by Gasteiger charge is -2.31. The van der Waals surface area contributed by atoms with Crippen molar-refractivity contribution < 1.29 is 17.9 Å². The molecule has 3 rings (SSSR count). The molecule has 0 saturated carbocycles. The molecule has 29 heavy (non-hydrogen) atoms. The Morgan fingerprint density at radius 1 is 1.24 bits per heavy atom. The lowest BCUT2D eigenvalue weighted by molar-refractivity contribution is -0.120. The Balaban J connectivity index is 1.75. The maximum absolute atomic E-state index is 13.2. The number of carbonyl (C=O) groups is 1. The maximum atomic E-state index is 13.2. The molecule has 0 aromatic heterocycles. The van der Waals surface area contributed by atoms with Crippen LogP contribution in [-0.4, -0.2) is 38.8 Å². The van der Waals surface area contributed by atoms with E-state index >= 15 is 0 Å². The van der Waals surface area contributed by atoms with Crippen LogP contribution in [-0.2, 0) is 21.2 Å². The number of halogens is 1. The topological polar surface area (TPSA) is 75.7 Å². The van der Waals surface area contributed by atoms with E-state index in [1.807, 2.05) is 24.3 Å². The Kier molecular flexibility index (Phi) is 6.82. The van der Waals surface area contributed by atoms with Gasteiger partial charge in [-0.05, 0) is 55.2 Å². The molecule has 156 valence electrons. The highest BCUT2D eigenvalue weighted by atomic mass is 35.5. The van der Waals surface area contributed by atoms with E-state index in [0.29, 0.717) is 30.1 Å². The van der Waals surface area contributed by atoms with Crippen LogP contribution >= 0.6 is 11.6 Å². The number of hydrogen-bond donors (Lipinski definition) is 1. The van der Waals surface area contributed by atoms with Crippen molar-refractivity contribution >= 4 is 33.2 Å². The largest absolute Gasteiger partial charge is 0.495 e. The zero-order chi connectivity index (χ0) is 21.0. The summed E-state index contributed by atoms with van der Waals surface area (Å²) in [5, 5.41) is 3.21. The van der Waals surface area contributed by atoms with Gasteiger partial charge in [0.2, 0.25) is 15.9 Å². The number of benzene rings is 2. The average molecular weight is 437 g/mol. The number of carbonyl (C=O) groups excluding carboxylic acids is 1. The van der Waals surface area contributed by atoms with Gasteiger partial charge in [-0.25, -0.2) is 8.42 Å². The highest BCUT2D eigenvalue weighted by molar-refractivity contribution is 7.89. The van der Waals surface area contributed by atoms with E-state index in [4.69, 9.17) is 16.3 Å². The van der Waals surface area contributed by atoms with Crippen LogP contribution in [0.2, 0.25) is 5.02 Å². The number of amides is 1. The molecule has 2 aromatic rings. The number of rotatable bonds is 6. The third-order valence-corrected chi connectivity index (χ3v) is 7.25. The highest BCUT2D eigenvalue weighted by Crippen LogP contribution is 2.32. The van der Waals surface area contributed by atoms with Crippen LogP contribution in [0.4, 0.5) is 5.69 Å². The van der Waals surface area contributed by atoms with Crippen LogP contribution in [0.3, 0.4) is 0 Å². The second-order valence-corrected chi connectivity index (χ2v) is 9.38. The number of nitrogens with one attached hydrogen (secondary N) is 1. The zero-order valence-electron chi connectivity index (χ0n) is 16.5. The predicted molar refractivity (Wildman–Crippen MR) is 114 cm³/mol. The van der Waals surface area contributed by atoms with E-state index in [1.165, 1.54) is 29.1 Å². The van der Waals surface area contributed by atoms with E-state index < -0.39 is 15.9 Å². The van der Waals surface area contributed by atoms with Gasteiger partial charge in [0, 0.05) is 23.8 Å². The third-order valence-electron chi connectivity index (χ3n) is 5.13. The van der Waals surface area contributed by atoms with E-state index in [2.05, 4.69) is 12.2 Å². The first kappa shape index (κ1) is 21.6. The van der Waals surface area contributed by atoms with Gasteiger partial charge in [-0.2, -0.15) is 4.31 Å². The molecule has 0 unspecified atom stereocenters. The summed E-state index contributed by atoms with van der Waals surface area (Å²) < 4.78 is 32.9. The molecule has 0 bridgehead atoms. The molecular formula is C21H25ClN2O4S. The molecule has 2 aromatic carbocycles. The maximum Gasteiger partial charge on any atom is 0.246 e. The summed E-state index contributed by atoms with van der Waals surface area (Å²) in [5.41, 5.74) is 1.90. The fourth-order valence-corrected chi connectivity index (χ4v) is 5.38. The molecule has 1 atom stereocenters. The zero-order valence-corrected chi connectivity index (χ0v) is 18.1. The standard InChI is InChI=1S/C21H25ClN2O4S/c1-3-15-6-9-18(10-7-15)23-21(25)16-5-4-12-24(14-16)29(26,27)20-13-17(22)8-11-19(20)28-2/h6-11,13,16H,3-5,12,14H2,1-2H3,(H,23,25)/t16-/m0/s1. The predicted octanol–water partition coefficient (Wildman–Crippen LogP) is 3.95. The first-order valence-corrected chi connectivity index (χ1v) is 11.4. The van der Waals surface area contributed by atoms with Gasteiger partial charge in [0.25, 0.3) is 0 Å². The van der Waals surface area contributed by atoms with E-state index in [-0.39, 0.29) is 23.1 Å². The number of anilines is 1. The lowest BCUT2D eigenvalue weighted by atomic mass is 9.98. The van der Waals surface area contributed by atoms with Crippen molar-refractivity contribution in [3.05, 3.63) is 53.1 Å². The van der Waals surface area contributed by atoms with Crippen molar-refractivity contribution in [2.45, 2.75) is 31.1 Å². The Morgan fingerprint density at radius 3 is 2.62 bits per heavy atom. The van der Waals surface area contributed by atoms with Gasteiger partial charge in [-0.15, -0.1) is 0 Å². The Morgan fingerprint density at radius 2 is 1.97 bits per heavy atom. The van der Waals surface area contributed by atoms with E-state index in [0.717, 1.165) is 6.42 Å². The number of aryl methyl sites for hydroxylation is 1. The smallest absolute Gasteiger partial charge is 0.246 e. The minimum absolute atomic E-state index is 0.0173. The number of hydrogen-bond acceptors (Lipinski definition) is 4. The minimum atomic E-state index is -3.83. The van der Waals surface area contributed by atoms with Crippen molar-refractivity contribution in [2.24, 2.45) is 5.92 Å². The van der Waals surface area contributed by atoms with Gasteiger partial charge in [0.15, 0.2) is 0 Å². The minimum Gasteiger partial charge on any atom is -0.495 e. The first-order valence-electron chi connectivity index (χ1n) is 9.58. The fraction of sp³-hybridized carbons (Fsp3) is 0.381. The van der Waals surface area contributed by atoms with Crippen LogP contribution in [0.25, 0.3) is 0 Å². The lowest BCUT2D eigenvalue weighted by Crippen LogP contribution is -2.43. The summed E-state index contributed by atoms with van der Waals surface area (Å²) in [6.07, 6.45) is 2.17. The van der Waals surface area contributed by atoms with Gasteiger partial charge in [0.05, 0.1) is 13.0 Å². The van der Waals surface area contributed by atoms with Gasteiger partial charge < -0.3 is 10.1 Å². The van der Waals surface area contributed by atoms with Crippen LogP contribution in [0.5, 0.6) is 5.75 Å². The number of piperidine rings is 1. The monoisotopic (exact) mass is 436 g/mol. The normalized spacial score (nSPS) is 17.7. The number of sulfonamides is 1. The molecule has 0 aliphatic carbocycles. The molecule has 1 aliphatic rings. The summed E-state index contributed by atoms with van der Waals surface area (Å²) in [6.45, 7) is 2.55. The van der Waals surface area contributed by atoms with Crippen molar-refractivity contribution in [2.75, 3.05) is 25.5 Å². The van der Waals surface area contributed by atoms with Gasteiger partial charge in [0.1, 0.15) is 10.6 Å². The SMILES string of the molecule is CCc1ccc(NC(=O)[C@H]2CCCN(S(=O)(=O)c3cc(Cl)ccc3OC)C2)cc1. The third kappa shape index (κ3) is 4.91. The molecule has 1 N–H and O–H groups in total. The molecule has 0 radical (unpaired) electrons. The van der Waals surface area contributed by atoms with Gasteiger partial charge in [-0.3, -0.25) is 4.79 Å². The van der Waals surface area contributed by atoms with Crippen LogP contribution in [0.1, 0.15) is 25.3 Å². The second kappa shape index (κ2) is 9.15. The molecule has 8 heteroatoms. The van der Waals surface area contributed by atoms with Crippen LogP contribution < -0.4 is 10.1 Å². The molecular weight excluding hydrogens is 412 g/mol. The summed E-state index contributed by atoms with van der Waals surface area (Å²) >= 11 is 6.01. The molecule has 1 fully saturated rings. The Labute approximate surface area is 176 Å². The summed E-state index contributed by atoms with van der Waals surface area (Å²) in [4.78, 5) is 12.7. The molecule has 1 amide bonds. The fourth-order valence-electron chi connectivity index (χ4n) is 3.43. The quantitative estimate of drug-likeness (QED) is 0.743. The Bertz CT molecular complexity index is 977. The second-order valence-electron chi connectivity index (χ2n) is 7.04. The summed E-state index contributed by atoms with van der Waals surface area (Å²) in [6, 6.07) is 12.2. The van der Waals surface area contributed by atoms with Gasteiger partial charge >= 0.3 is 0 Å². The highest BCUT2D eigenvalue weighted by Gasteiger charge is 2.35. The molecule has 6 nitrogen and oxygen atoms in total. The van der Waals surface area contributed by atoms with Gasteiger partial charge in [-0.1, -0.05) is 30.7 Å². The average Bonchev–Trinajstić information content (AvgIpc) is 2.74. The molecule has 1 saturated heterocycles. The van der Waals surface area contributed by atoms with Crippen LogP contribution in [0, 0.1) is 5.92 Å². The summed E-state index contributed by atoms with van der Waals surface area (Å²) in [5.74, 6) is -0.362. The number of nitrogens with zero attached hydrogens (tertiary/aromatic N) is 1. The van der Waals surface area contributed by atoms with Crippen molar-refractivity contribution in [3.63, 3.8) is 0 Å². The van der Waals surface area contributed by atoms with Crippen molar-refractivity contribution in [1.82, 2.24) is 4.31 Å². The van der Waals surface area contributed by atoms with E-state index in [1.54, 1.807) is 6.07 Å². The van der Waals surface area contributed by atoms with E-state index in [9.17, 15) is 13.2 Å². The number of methoxy groups -OCH3 is 1.